The van der Waals surface area contributed by atoms with Gasteiger partial charge in [-0.15, -0.1) is 0 Å². The Balaban J connectivity index is 2.63. The number of hydrogen-bond donors (Lipinski definition) is 1. The summed E-state index contributed by atoms with van der Waals surface area (Å²) in [5.74, 6) is -0.386. The molecule has 1 heterocycles. The molecule has 0 fully saturated rings. The van der Waals surface area contributed by atoms with E-state index < -0.39 is 5.97 Å². The van der Waals surface area contributed by atoms with Gasteiger partial charge in [0.05, 0.1) is 12.6 Å². The number of carbonyl (C=O) groups is 2. The molecule has 0 unspecified atom stereocenters. The van der Waals surface area contributed by atoms with Crippen LogP contribution in [0.5, 0.6) is 5.75 Å². The summed E-state index contributed by atoms with van der Waals surface area (Å²) >= 11 is 0. The smallest absolute Gasteiger partial charge is 0.352 e. The first-order valence-corrected chi connectivity index (χ1v) is 5.93. The quantitative estimate of drug-likeness (QED) is 0.896. The molecule has 0 amide bonds. The average Bonchev–Trinajstić information content (AvgIpc) is 2.75. The number of para-hydroxylation sites is 1. The second-order valence-corrected chi connectivity index (χ2v) is 4.34. The molecule has 0 saturated carbocycles. The highest BCUT2D eigenvalue weighted by atomic mass is 16.5. The zero-order valence-electron chi connectivity index (χ0n) is 10.8. The number of carboxylic acid groups (broad SMARTS) is 1. The minimum atomic E-state index is -1.01. The number of aromatic nitrogens is 1. The lowest BCUT2D eigenvalue weighted by Crippen LogP contribution is -2.10. The van der Waals surface area contributed by atoms with Crippen molar-refractivity contribution in [2.24, 2.45) is 0 Å². The molecule has 0 bridgehead atoms. The van der Waals surface area contributed by atoms with E-state index in [0.717, 1.165) is 5.39 Å². The number of rotatable bonds is 5. The van der Waals surface area contributed by atoms with E-state index in [1.54, 1.807) is 16.7 Å². The van der Waals surface area contributed by atoms with Gasteiger partial charge in [0, 0.05) is 18.4 Å². The highest BCUT2D eigenvalue weighted by molar-refractivity contribution is 5.97. The number of ketones is 1. The molecule has 0 spiro atoms. The van der Waals surface area contributed by atoms with E-state index in [1.807, 2.05) is 12.1 Å². The molecular weight excluding hydrogens is 246 g/mol. The summed E-state index contributed by atoms with van der Waals surface area (Å²) in [5, 5.41) is 10.0. The molecule has 19 heavy (non-hydrogen) atoms. The SMILES string of the molecule is COc1cccc2cc(C(=O)O)n(CCC(C)=O)c12. The highest BCUT2D eigenvalue weighted by Gasteiger charge is 2.17. The number of fused-ring (bicyclic) bond motifs is 1. The predicted octanol–water partition coefficient (Wildman–Crippen LogP) is 2.33. The number of Topliss-reactive ketones (excluding diaryl/α,β-unsaturated/α-hetero) is 1. The van der Waals surface area contributed by atoms with Crippen LogP contribution in [0.4, 0.5) is 0 Å². The third kappa shape index (κ3) is 2.45. The van der Waals surface area contributed by atoms with Crippen LogP contribution in [-0.2, 0) is 11.3 Å². The van der Waals surface area contributed by atoms with Gasteiger partial charge in [-0.3, -0.25) is 4.79 Å². The lowest BCUT2D eigenvalue weighted by atomic mass is 10.2. The minimum Gasteiger partial charge on any atom is -0.495 e. The summed E-state index contributed by atoms with van der Waals surface area (Å²) in [5.41, 5.74) is 0.879. The first kappa shape index (κ1) is 13.1. The molecule has 2 rings (SSSR count). The summed E-state index contributed by atoms with van der Waals surface area (Å²) in [4.78, 5) is 22.4. The van der Waals surface area contributed by atoms with E-state index in [-0.39, 0.29) is 11.5 Å². The number of ether oxygens (including phenoxy) is 1. The van der Waals surface area contributed by atoms with Gasteiger partial charge in [-0.1, -0.05) is 12.1 Å². The molecule has 0 aliphatic heterocycles. The lowest BCUT2D eigenvalue weighted by molar-refractivity contribution is -0.117. The number of carbonyl (C=O) groups excluding carboxylic acids is 1. The van der Waals surface area contributed by atoms with Crippen molar-refractivity contribution < 1.29 is 19.4 Å². The molecule has 0 aliphatic rings. The Morgan fingerprint density at radius 2 is 2.11 bits per heavy atom. The van der Waals surface area contributed by atoms with Crippen molar-refractivity contribution in [2.75, 3.05) is 7.11 Å². The van der Waals surface area contributed by atoms with E-state index >= 15 is 0 Å². The Kier molecular flexibility index (Phi) is 3.55. The van der Waals surface area contributed by atoms with Crippen molar-refractivity contribution in [1.82, 2.24) is 4.57 Å². The molecule has 0 saturated heterocycles. The van der Waals surface area contributed by atoms with Gasteiger partial charge < -0.3 is 14.4 Å². The van der Waals surface area contributed by atoms with Crippen LogP contribution in [0.15, 0.2) is 24.3 Å². The monoisotopic (exact) mass is 261 g/mol. The topological polar surface area (TPSA) is 68.5 Å². The van der Waals surface area contributed by atoms with Gasteiger partial charge in [0.2, 0.25) is 0 Å². The van der Waals surface area contributed by atoms with Crippen molar-refractivity contribution in [3.8, 4) is 5.75 Å². The Morgan fingerprint density at radius 1 is 1.37 bits per heavy atom. The molecule has 0 radical (unpaired) electrons. The lowest BCUT2D eigenvalue weighted by Gasteiger charge is -2.10. The van der Waals surface area contributed by atoms with Crippen molar-refractivity contribution in [3.05, 3.63) is 30.0 Å². The van der Waals surface area contributed by atoms with Gasteiger partial charge in [-0.2, -0.15) is 0 Å². The van der Waals surface area contributed by atoms with E-state index in [4.69, 9.17) is 4.74 Å². The van der Waals surface area contributed by atoms with Crippen LogP contribution in [0.1, 0.15) is 23.8 Å². The molecule has 5 heteroatoms. The number of nitrogens with zero attached hydrogens (tertiary/aromatic N) is 1. The van der Waals surface area contributed by atoms with Crippen LogP contribution in [0.2, 0.25) is 0 Å². The molecule has 1 N–H and O–H groups in total. The number of aryl methyl sites for hydroxylation is 1. The Bertz CT molecular complexity index is 642. The normalized spacial score (nSPS) is 10.6. The highest BCUT2D eigenvalue weighted by Crippen LogP contribution is 2.29. The molecular formula is C14H15NO4. The maximum Gasteiger partial charge on any atom is 0.352 e. The van der Waals surface area contributed by atoms with E-state index in [1.165, 1.54) is 14.0 Å². The molecule has 5 nitrogen and oxygen atoms in total. The first-order valence-electron chi connectivity index (χ1n) is 5.93. The fraction of sp³-hybridized carbons (Fsp3) is 0.286. The number of hydrogen-bond acceptors (Lipinski definition) is 3. The summed E-state index contributed by atoms with van der Waals surface area (Å²) in [6.07, 6.45) is 0.294. The third-order valence-corrected chi connectivity index (χ3v) is 3.01. The van der Waals surface area contributed by atoms with Crippen molar-refractivity contribution in [3.63, 3.8) is 0 Å². The van der Waals surface area contributed by atoms with E-state index in [9.17, 15) is 14.7 Å². The van der Waals surface area contributed by atoms with Gasteiger partial charge in [0.15, 0.2) is 0 Å². The second-order valence-electron chi connectivity index (χ2n) is 4.34. The summed E-state index contributed by atoms with van der Waals surface area (Å²) in [7, 11) is 1.54. The fourth-order valence-electron chi connectivity index (χ4n) is 2.13. The number of benzene rings is 1. The van der Waals surface area contributed by atoms with Crippen LogP contribution in [0, 0.1) is 0 Å². The van der Waals surface area contributed by atoms with E-state index in [0.29, 0.717) is 24.2 Å². The average molecular weight is 261 g/mol. The third-order valence-electron chi connectivity index (χ3n) is 3.01. The largest absolute Gasteiger partial charge is 0.495 e. The zero-order chi connectivity index (χ0) is 14.0. The van der Waals surface area contributed by atoms with Gasteiger partial charge >= 0.3 is 5.97 Å². The van der Waals surface area contributed by atoms with Crippen LogP contribution < -0.4 is 4.74 Å². The molecule has 0 aliphatic carbocycles. The van der Waals surface area contributed by atoms with Gasteiger partial charge in [-0.05, 0) is 19.1 Å². The zero-order valence-corrected chi connectivity index (χ0v) is 10.8. The van der Waals surface area contributed by atoms with Crippen molar-refractivity contribution >= 4 is 22.7 Å². The van der Waals surface area contributed by atoms with Crippen molar-refractivity contribution in [2.45, 2.75) is 19.9 Å². The molecule has 100 valence electrons. The summed E-state index contributed by atoms with van der Waals surface area (Å²) < 4.78 is 6.89. The Morgan fingerprint density at radius 3 is 2.68 bits per heavy atom. The van der Waals surface area contributed by atoms with Gasteiger partial charge in [0.25, 0.3) is 0 Å². The van der Waals surface area contributed by atoms with Crippen LogP contribution in [0.25, 0.3) is 10.9 Å². The molecule has 1 aromatic carbocycles. The Hall–Kier alpha value is -2.30. The van der Waals surface area contributed by atoms with Gasteiger partial charge in [-0.25, -0.2) is 4.79 Å². The summed E-state index contributed by atoms with van der Waals surface area (Å²) in [6, 6.07) is 7.01. The summed E-state index contributed by atoms with van der Waals surface area (Å²) in [6.45, 7) is 1.82. The van der Waals surface area contributed by atoms with Crippen LogP contribution in [0.3, 0.4) is 0 Å². The van der Waals surface area contributed by atoms with Crippen LogP contribution in [-0.4, -0.2) is 28.5 Å². The van der Waals surface area contributed by atoms with E-state index in [2.05, 4.69) is 0 Å². The number of methoxy groups -OCH3 is 1. The van der Waals surface area contributed by atoms with Gasteiger partial charge in [0.1, 0.15) is 17.2 Å². The molecule has 1 aromatic heterocycles. The molecule has 0 atom stereocenters. The fourth-order valence-corrected chi connectivity index (χ4v) is 2.13. The minimum absolute atomic E-state index is 0.0214. The molecule has 2 aromatic rings. The first-order chi connectivity index (χ1) is 9.04. The standard InChI is InChI=1S/C14H15NO4/c1-9(16)6-7-15-11(14(17)18)8-10-4-3-5-12(19-2)13(10)15/h3-5,8H,6-7H2,1-2H3,(H,17,18). The Labute approximate surface area is 110 Å². The van der Waals surface area contributed by atoms with Crippen LogP contribution >= 0.6 is 0 Å². The second kappa shape index (κ2) is 5.14. The maximum atomic E-state index is 11.3. The van der Waals surface area contributed by atoms with Crippen molar-refractivity contribution in [1.29, 1.82) is 0 Å². The number of carboxylic acids is 1. The maximum absolute atomic E-state index is 11.3. The predicted molar refractivity (Wildman–Crippen MR) is 70.7 cm³/mol. The number of aromatic carboxylic acids is 1.